The molecule has 0 nitrogen and oxygen atoms in total. The van der Waals surface area contributed by atoms with Gasteiger partial charge in [-0.15, -0.1) is 11.6 Å². The summed E-state index contributed by atoms with van der Waals surface area (Å²) in [5, 5.41) is 0. The minimum Gasteiger partial charge on any atom is -0.126 e. The summed E-state index contributed by atoms with van der Waals surface area (Å²) in [6.07, 6.45) is 5.11. The molecule has 0 aliphatic heterocycles. The molecule has 70 valence electrons. The standard InChI is InChI=1S/C11H12BrCl/c1-9-5-6-11(12)10(8-9)4-2-3-7-13/h2,4-6,8H,3,7H2,1H3. The minimum atomic E-state index is 0.680. The summed E-state index contributed by atoms with van der Waals surface area (Å²) in [5.41, 5.74) is 2.49. The zero-order valence-corrected chi connectivity index (χ0v) is 9.90. The van der Waals surface area contributed by atoms with Gasteiger partial charge in [0.05, 0.1) is 0 Å². The van der Waals surface area contributed by atoms with Crippen molar-refractivity contribution in [2.45, 2.75) is 13.3 Å². The lowest BCUT2D eigenvalue weighted by Gasteiger charge is -1.99. The number of aryl methyl sites for hydroxylation is 1. The third-order valence-corrected chi connectivity index (χ3v) is 2.67. The van der Waals surface area contributed by atoms with Gasteiger partial charge in [-0.2, -0.15) is 0 Å². The van der Waals surface area contributed by atoms with Crippen molar-refractivity contribution in [3.8, 4) is 0 Å². The van der Waals surface area contributed by atoms with Crippen LogP contribution in [0.5, 0.6) is 0 Å². The second-order valence-electron chi connectivity index (χ2n) is 2.90. The van der Waals surface area contributed by atoms with E-state index in [9.17, 15) is 0 Å². The highest BCUT2D eigenvalue weighted by Crippen LogP contribution is 2.19. The van der Waals surface area contributed by atoms with Crippen LogP contribution in [-0.2, 0) is 0 Å². The Labute approximate surface area is 92.7 Å². The molecule has 0 bridgehead atoms. The van der Waals surface area contributed by atoms with E-state index in [0.717, 1.165) is 10.9 Å². The van der Waals surface area contributed by atoms with Crippen LogP contribution in [0.25, 0.3) is 6.08 Å². The highest BCUT2D eigenvalue weighted by molar-refractivity contribution is 9.10. The lowest BCUT2D eigenvalue weighted by molar-refractivity contribution is 1.24. The van der Waals surface area contributed by atoms with Crippen molar-refractivity contribution in [3.05, 3.63) is 39.9 Å². The molecule has 0 amide bonds. The molecule has 1 rings (SSSR count). The predicted molar refractivity (Wildman–Crippen MR) is 63.3 cm³/mol. The van der Waals surface area contributed by atoms with Crippen molar-refractivity contribution >= 4 is 33.6 Å². The van der Waals surface area contributed by atoms with Crippen molar-refractivity contribution < 1.29 is 0 Å². The van der Waals surface area contributed by atoms with E-state index in [-0.39, 0.29) is 0 Å². The number of hydrogen-bond donors (Lipinski definition) is 0. The molecule has 0 heterocycles. The van der Waals surface area contributed by atoms with Crippen molar-refractivity contribution in [1.29, 1.82) is 0 Å². The fraction of sp³-hybridized carbons (Fsp3) is 0.273. The maximum absolute atomic E-state index is 5.58. The Kier molecular flexibility index (Phi) is 4.54. The third kappa shape index (κ3) is 3.53. The van der Waals surface area contributed by atoms with Crippen molar-refractivity contribution in [3.63, 3.8) is 0 Å². The average Bonchev–Trinajstić information content (AvgIpc) is 2.11. The summed E-state index contributed by atoms with van der Waals surface area (Å²) < 4.78 is 1.13. The summed E-state index contributed by atoms with van der Waals surface area (Å²) in [5.74, 6) is 0.680. The van der Waals surface area contributed by atoms with Gasteiger partial charge in [-0.1, -0.05) is 45.8 Å². The molecule has 0 radical (unpaired) electrons. The van der Waals surface area contributed by atoms with E-state index in [0.29, 0.717) is 5.88 Å². The Morgan fingerprint density at radius 1 is 1.46 bits per heavy atom. The summed E-state index contributed by atoms with van der Waals surface area (Å²) in [6, 6.07) is 6.30. The van der Waals surface area contributed by atoms with Crippen LogP contribution < -0.4 is 0 Å². The number of benzene rings is 1. The van der Waals surface area contributed by atoms with Crippen molar-refractivity contribution in [2.75, 3.05) is 5.88 Å². The van der Waals surface area contributed by atoms with Crippen LogP contribution in [0.4, 0.5) is 0 Å². The first-order valence-corrected chi connectivity index (χ1v) is 5.55. The first-order valence-electron chi connectivity index (χ1n) is 4.22. The van der Waals surface area contributed by atoms with E-state index >= 15 is 0 Å². The van der Waals surface area contributed by atoms with Crippen molar-refractivity contribution in [2.24, 2.45) is 0 Å². The van der Waals surface area contributed by atoms with Crippen LogP contribution in [0.3, 0.4) is 0 Å². The highest BCUT2D eigenvalue weighted by atomic mass is 79.9. The van der Waals surface area contributed by atoms with Crippen LogP contribution in [0.2, 0.25) is 0 Å². The van der Waals surface area contributed by atoms with Gasteiger partial charge in [0, 0.05) is 10.4 Å². The highest BCUT2D eigenvalue weighted by Gasteiger charge is 1.94. The molecule has 0 atom stereocenters. The second kappa shape index (κ2) is 5.46. The van der Waals surface area contributed by atoms with E-state index in [1.54, 1.807) is 0 Å². The molecule has 0 spiro atoms. The fourth-order valence-electron chi connectivity index (χ4n) is 1.06. The number of alkyl halides is 1. The molecule has 13 heavy (non-hydrogen) atoms. The maximum atomic E-state index is 5.58. The van der Waals surface area contributed by atoms with Gasteiger partial charge in [0.25, 0.3) is 0 Å². The molecule has 1 aromatic carbocycles. The minimum absolute atomic E-state index is 0.680. The topological polar surface area (TPSA) is 0 Å². The van der Waals surface area contributed by atoms with Crippen LogP contribution in [0, 0.1) is 6.92 Å². The monoisotopic (exact) mass is 258 g/mol. The molecule has 0 saturated carbocycles. The normalized spacial score (nSPS) is 11.0. The molecule has 0 aliphatic carbocycles. The van der Waals surface area contributed by atoms with E-state index in [4.69, 9.17) is 11.6 Å². The first kappa shape index (κ1) is 10.8. The van der Waals surface area contributed by atoms with E-state index in [1.807, 2.05) is 0 Å². The van der Waals surface area contributed by atoms with Crippen LogP contribution in [-0.4, -0.2) is 5.88 Å². The molecular formula is C11H12BrCl. The van der Waals surface area contributed by atoms with Gasteiger partial charge in [-0.05, 0) is 25.0 Å². The van der Waals surface area contributed by atoms with Gasteiger partial charge in [0.2, 0.25) is 0 Å². The molecule has 0 aromatic heterocycles. The average molecular weight is 260 g/mol. The van der Waals surface area contributed by atoms with E-state index in [1.165, 1.54) is 11.1 Å². The Bertz CT molecular complexity index is 305. The quantitative estimate of drug-likeness (QED) is 0.706. The lowest BCUT2D eigenvalue weighted by atomic mass is 10.1. The molecule has 0 aliphatic rings. The number of rotatable bonds is 3. The Morgan fingerprint density at radius 2 is 2.23 bits per heavy atom. The number of halogens is 2. The Balaban J connectivity index is 2.81. The second-order valence-corrected chi connectivity index (χ2v) is 4.14. The van der Waals surface area contributed by atoms with E-state index < -0.39 is 0 Å². The summed E-state index contributed by atoms with van der Waals surface area (Å²) in [6.45, 7) is 2.09. The molecule has 0 unspecified atom stereocenters. The number of allylic oxidation sites excluding steroid dienone is 1. The SMILES string of the molecule is Cc1ccc(Br)c(C=CCCCl)c1. The van der Waals surface area contributed by atoms with Gasteiger partial charge in [0.15, 0.2) is 0 Å². The predicted octanol–water partition coefficient (Wildman–Crippen LogP) is 4.40. The third-order valence-electron chi connectivity index (χ3n) is 1.72. The summed E-state index contributed by atoms with van der Waals surface area (Å²) in [4.78, 5) is 0. The summed E-state index contributed by atoms with van der Waals surface area (Å²) >= 11 is 9.07. The van der Waals surface area contributed by atoms with Gasteiger partial charge < -0.3 is 0 Å². The molecule has 0 fully saturated rings. The van der Waals surface area contributed by atoms with Gasteiger partial charge in [-0.3, -0.25) is 0 Å². The van der Waals surface area contributed by atoms with Gasteiger partial charge in [0.1, 0.15) is 0 Å². The first-order chi connectivity index (χ1) is 6.24. The lowest BCUT2D eigenvalue weighted by Crippen LogP contribution is -1.78. The Morgan fingerprint density at radius 3 is 2.92 bits per heavy atom. The molecule has 0 N–H and O–H groups in total. The molecule has 0 saturated heterocycles. The zero-order valence-electron chi connectivity index (χ0n) is 7.56. The number of hydrogen-bond acceptors (Lipinski definition) is 0. The molecule has 1 aromatic rings. The van der Waals surface area contributed by atoms with Gasteiger partial charge in [-0.25, -0.2) is 0 Å². The summed E-state index contributed by atoms with van der Waals surface area (Å²) in [7, 11) is 0. The molecule has 2 heteroatoms. The van der Waals surface area contributed by atoms with Crippen LogP contribution >= 0.6 is 27.5 Å². The van der Waals surface area contributed by atoms with Crippen molar-refractivity contribution in [1.82, 2.24) is 0 Å². The van der Waals surface area contributed by atoms with Crippen LogP contribution in [0.1, 0.15) is 17.5 Å². The molecular weight excluding hydrogens is 247 g/mol. The fourth-order valence-corrected chi connectivity index (χ4v) is 1.57. The van der Waals surface area contributed by atoms with Crippen LogP contribution in [0.15, 0.2) is 28.7 Å². The smallest absolute Gasteiger partial charge is 0.0258 e. The van der Waals surface area contributed by atoms with E-state index in [2.05, 4.69) is 53.2 Å². The maximum Gasteiger partial charge on any atom is 0.0258 e. The zero-order chi connectivity index (χ0) is 9.68. The van der Waals surface area contributed by atoms with Gasteiger partial charge >= 0.3 is 0 Å². The largest absolute Gasteiger partial charge is 0.126 e. The Hall–Kier alpha value is -0.270.